The smallest absolute Gasteiger partial charge is 0.222 e. The van der Waals surface area contributed by atoms with Gasteiger partial charge in [0.05, 0.1) is 19.0 Å². The summed E-state index contributed by atoms with van der Waals surface area (Å²) in [4.78, 5) is 15.4. The number of fused-ring (bicyclic) bond motifs is 1. The zero-order chi connectivity index (χ0) is 12.4. The highest BCUT2D eigenvalue weighted by Crippen LogP contribution is 2.29. The van der Waals surface area contributed by atoms with Crippen molar-refractivity contribution in [3.8, 4) is 5.75 Å². The molecule has 0 fully saturated rings. The second-order valence-electron chi connectivity index (χ2n) is 3.91. The van der Waals surface area contributed by atoms with Crippen LogP contribution < -0.4 is 10.5 Å². The molecule has 0 aliphatic rings. The summed E-state index contributed by atoms with van der Waals surface area (Å²) in [6, 6.07) is 5.60. The van der Waals surface area contributed by atoms with E-state index in [2.05, 4.69) is 4.98 Å². The molecule has 2 N–H and O–H groups in total. The molecule has 2 aromatic rings. The normalized spacial score (nSPS) is 10.5. The van der Waals surface area contributed by atoms with E-state index in [1.807, 2.05) is 25.1 Å². The molecule has 88 valence electrons. The molecule has 0 bridgehead atoms. The average molecular weight is 230 g/mol. The van der Waals surface area contributed by atoms with E-state index in [4.69, 9.17) is 10.5 Å². The van der Waals surface area contributed by atoms with Crippen molar-refractivity contribution in [1.82, 2.24) is 4.98 Å². The topological polar surface area (TPSA) is 65.2 Å². The fraction of sp³-hybridized carbons (Fsp3) is 0.231. The van der Waals surface area contributed by atoms with Crippen LogP contribution in [0.3, 0.4) is 0 Å². The van der Waals surface area contributed by atoms with E-state index in [1.54, 1.807) is 13.3 Å². The summed E-state index contributed by atoms with van der Waals surface area (Å²) >= 11 is 0. The molecule has 0 radical (unpaired) electrons. The maximum Gasteiger partial charge on any atom is 0.222 e. The lowest BCUT2D eigenvalue weighted by molar-refractivity contribution is -0.117. The van der Waals surface area contributed by atoms with Crippen molar-refractivity contribution in [2.75, 3.05) is 7.11 Å². The molecule has 0 spiro atoms. The van der Waals surface area contributed by atoms with Crippen LogP contribution in [0, 0.1) is 6.92 Å². The number of aromatic nitrogens is 1. The van der Waals surface area contributed by atoms with Crippen LogP contribution in [0.4, 0.5) is 0 Å². The molecule has 4 nitrogen and oxygen atoms in total. The van der Waals surface area contributed by atoms with Crippen molar-refractivity contribution in [3.63, 3.8) is 0 Å². The van der Waals surface area contributed by atoms with Crippen LogP contribution in [0.15, 0.2) is 24.4 Å². The maximum atomic E-state index is 11.1. The molecule has 17 heavy (non-hydrogen) atoms. The summed E-state index contributed by atoms with van der Waals surface area (Å²) in [5.41, 5.74) is 7.99. The summed E-state index contributed by atoms with van der Waals surface area (Å²) in [5, 5.41) is 0.950. The molecule has 0 saturated carbocycles. The Bertz CT molecular complexity index is 579. The van der Waals surface area contributed by atoms with E-state index in [0.717, 1.165) is 22.0 Å². The Morgan fingerprint density at radius 2 is 2.18 bits per heavy atom. The average Bonchev–Trinajstić information content (AvgIpc) is 2.28. The van der Waals surface area contributed by atoms with Crippen LogP contribution in [-0.4, -0.2) is 18.0 Å². The lowest BCUT2D eigenvalue weighted by atomic mass is 10.0. The van der Waals surface area contributed by atoms with Crippen LogP contribution in [0.25, 0.3) is 10.9 Å². The molecule has 4 heteroatoms. The molecule has 0 atom stereocenters. The Labute approximate surface area is 99.4 Å². The summed E-state index contributed by atoms with van der Waals surface area (Å²) in [6.07, 6.45) is 1.91. The number of hydrogen-bond acceptors (Lipinski definition) is 3. The number of pyridine rings is 1. The first-order chi connectivity index (χ1) is 8.13. The van der Waals surface area contributed by atoms with Gasteiger partial charge in [-0.05, 0) is 30.7 Å². The fourth-order valence-corrected chi connectivity index (χ4v) is 2.02. The number of methoxy groups -OCH3 is 1. The summed E-state index contributed by atoms with van der Waals surface area (Å²) in [5.74, 6) is 0.298. The Hall–Kier alpha value is -2.10. The van der Waals surface area contributed by atoms with Gasteiger partial charge < -0.3 is 10.5 Å². The molecule has 1 heterocycles. The SMILES string of the molecule is COc1ccc2nccc(C)c2c1CC(N)=O. The third-order valence-corrected chi connectivity index (χ3v) is 2.75. The van der Waals surface area contributed by atoms with Crippen molar-refractivity contribution in [1.29, 1.82) is 0 Å². The van der Waals surface area contributed by atoms with Gasteiger partial charge >= 0.3 is 0 Å². The van der Waals surface area contributed by atoms with E-state index in [1.165, 1.54) is 0 Å². The minimum Gasteiger partial charge on any atom is -0.496 e. The highest BCUT2D eigenvalue weighted by Gasteiger charge is 2.13. The lowest BCUT2D eigenvalue weighted by Crippen LogP contribution is -2.14. The first kappa shape index (κ1) is 11.4. The number of rotatable bonds is 3. The summed E-state index contributed by atoms with van der Waals surface area (Å²) in [6.45, 7) is 1.98. The number of carbonyl (C=O) groups excluding carboxylic acids is 1. The van der Waals surface area contributed by atoms with E-state index < -0.39 is 0 Å². The second-order valence-corrected chi connectivity index (χ2v) is 3.91. The Balaban J connectivity index is 2.77. The fourth-order valence-electron chi connectivity index (χ4n) is 2.02. The van der Waals surface area contributed by atoms with Gasteiger partial charge in [-0.2, -0.15) is 0 Å². The number of aryl methyl sites for hydroxylation is 1. The van der Waals surface area contributed by atoms with Gasteiger partial charge in [0.2, 0.25) is 5.91 Å². The van der Waals surface area contributed by atoms with Crippen molar-refractivity contribution < 1.29 is 9.53 Å². The molecule has 0 aliphatic carbocycles. The number of nitrogens with two attached hydrogens (primary N) is 1. The second kappa shape index (κ2) is 4.41. The van der Waals surface area contributed by atoms with Gasteiger partial charge in [0.1, 0.15) is 5.75 Å². The van der Waals surface area contributed by atoms with Crippen LogP contribution in [0.5, 0.6) is 5.75 Å². The van der Waals surface area contributed by atoms with Crippen LogP contribution in [0.2, 0.25) is 0 Å². The zero-order valence-corrected chi connectivity index (χ0v) is 9.86. The number of benzene rings is 1. The zero-order valence-electron chi connectivity index (χ0n) is 9.86. The predicted molar refractivity (Wildman–Crippen MR) is 65.9 cm³/mol. The summed E-state index contributed by atoms with van der Waals surface area (Å²) < 4.78 is 5.27. The third kappa shape index (κ3) is 2.06. The molecule has 0 unspecified atom stereocenters. The third-order valence-electron chi connectivity index (χ3n) is 2.75. The van der Waals surface area contributed by atoms with Gasteiger partial charge in [-0.1, -0.05) is 0 Å². The van der Waals surface area contributed by atoms with E-state index in [-0.39, 0.29) is 12.3 Å². The largest absolute Gasteiger partial charge is 0.496 e. The van der Waals surface area contributed by atoms with Crippen LogP contribution >= 0.6 is 0 Å². The van der Waals surface area contributed by atoms with Gasteiger partial charge in [0.15, 0.2) is 0 Å². The Kier molecular flexibility index (Phi) is 2.95. The number of hydrogen-bond donors (Lipinski definition) is 1. The highest BCUT2D eigenvalue weighted by atomic mass is 16.5. The first-order valence-electron chi connectivity index (χ1n) is 5.33. The van der Waals surface area contributed by atoms with Crippen molar-refractivity contribution in [2.24, 2.45) is 5.73 Å². The molecule has 2 rings (SSSR count). The Morgan fingerprint density at radius 3 is 2.82 bits per heavy atom. The van der Waals surface area contributed by atoms with Gasteiger partial charge in [-0.3, -0.25) is 9.78 Å². The van der Waals surface area contributed by atoms with E-state index >= 15 is 0 Å². The molecule has 1 aromatic heterocycles. The van der Waals surface area contributed by atoms with Gasteiger partial charge in [-0.25, -0.2) is 0 Å². The van der Waals surface area contributed by atoms with E-state index in [0.29, 0.717) is 5.75 Å². The minimum atomic E-state index is -0.376. The number of primary amides is 1. The van der Waals surface area contributed by atoms with Gasteiger partial charge in [-0.15, -0.1) is 0 Å². The van der Waals surface area contributed by atoms with Crippen molar-refractivity contribution in [3.05, 3.63) is 35.5 Å². The number of nitrogens with zero attached hydrogens (tertiary/aromatic N) is 1. The lowest BCUT2D eigenvalue weighted by Gasteiger charge is -2.12. The maximum absolute atomic E-state index is 11.1. The minimum absolute atomic E-state index is 0.160. The van der Waals surface area contributed by atoms with Gasteiger partial charge in [0, 0.05) is 17.1 Å². The number of amides is 1. The monoisotopic (exact) mass is 230 g/mol. The quantitative estimate of drug-likeness (QED) is 0.870. The number of carbonyl (C=O) groups is 1. The first-order valence-corrected chi connectivity index (χ1v) is 5.33. The number of ether oxygens (including phenoxy) is 1. The van der Waals surface area contributed by atoms with Gasteiger partial charge in [0.25, 0.3) is 0 Å². The molecule has 0 saturated heterocycles. The molecular weight excluding hydrogens is 216 g/mol. The molecular formula is C13H14N2O2. The molecule has 0 aliphatic heterocycles. The van der Waals surface area contributed by atoms with Crippen LogP contribution in [0.1, 0.15) is 11.1 Å². The van der Waals surface area contributed by atoms with E-state index in [9.17, 15) is 4.79 Å². The summed E-state index contributed by atoms with van der Waals surface area (Å²) in [7, 11) is 1.58. The van der Waals surface area contributed by atoms with Crippen molar-refractivity contribution in [2.45, 2.75) is 13.3 Å². The molecule has 1 aromatic carbocycles. The molecule has 1 amide bonds. The standard InChI is InChI=1S/C13H14N2O2/c1-8-5-6-15-10-3-4-11(17-2)9(13(8)10)7-12(14)16/h3-6H,7H2,1-2H3,(H2,14,16). The Morgan fingerprint density at radius 1 is 1.41 bits per heavy atom. The predicted octanol–water partition coefficient (Wildman–Crippen LogP) is 1.58. The van der Waals surface area contributed by atoms with Crippen molar-refractivity contribution >= 4 is 16.8 Å². The van der Waals surface area contributed by atoms with Crippen LogP contribution in [-0.2, 0) is 11.2 Å². The highest BCUT2D eigenvalue weighted by molar-refractivity contribution is 5.91.